The summed E-state index contributed by atoms with van der Waals surface area (Å²) in [4.78, 5) is 34.3. The fraction of sp³-hybridized carbons (Fsp3) is 0. The van der Waals surface area contributed by atoms with E-state index < -0.39 is 10.9 Å². The van der Waals surface area contributed by atoms with Crippen LogP contribution in [0.25, 0.3) is 0 Å². The van der Waals surface area contributed by atoms with Crippen LogP contribution in [0, 0.1) is 10.1 Å². The molecule has 0 bridgehead atoms. The Hall–Kier alpha value is -4.53. The number of benzene rings is 3. The Morgan fingerprint density at radius 1 is 1.00 bits per heavy atom. The van der Waals surface area contributed by atoms with Crippen molar-refractivity contribution in [1.82, 2.24) is 5.43 Å². The third kappa shape index (κ3) is 5.26. The summed E-state index contributed by atoms with van der Waals surface area (Å²) in [5, 5.41) is 14.7. The van der Waals surface area contributed by atoms with Gasteiger partial charge in [0, 0.05) is 23.4 Å². The SMILES string of the molecule is Nc1ccc(C(=O)N/N=C\c2ccc(OC(=O)c3cccc([N+](=O)[O-])c3)cc2)cc1. The Kier molecular flexibility index (Phi) is 6.14. The molecule has 0 saturated heterocycles. The van der Waals surface area contributed by atoms with Crippen molar-refractivity contribution in [3.05, 3.63) is 99.6 Å². The lowest BCUT2D eigenvalue weighted by Gasteiger charge is -2.04. The molecule has 3 rings (SSSR count). The van der Waals surface area contributed by atoms with Gasteiger partial charge in [-0.15, -0.1) is 0 Å². The molecule has 0 fully saturated rings. The van der Waals surface area contributed by atoms with Gasteiger partial charge in [0.25, 0.3) is 11.6 Å². The van der Waals surface area contributed by atoms with Gasteiger partial charge in [0.2, 0.25) is 0 Å². The predicted octanol–water partition coefficient (Wildman–Crippen LogP) is 3.16. The number of ether oxygens (including phenoxy) is 1. The number of nitro benzene ring substituents is 1. The molecule has 3 N–H and O–H groups in total. The Morgan fingerprint density at radius 3 is 2.37 bits per heavy atom. The van der Waals surface area contributed by atoms with E-state index in [-0.39, 0.29) is 22.9 Å². The van der Waals surface area contributed by atoms with Crippen molar-refractivity contribution in [3.63, 3.8) is 0 Å². The second-order valence-corrected chi connectivity index (χ2v) is 6.09. The molecule has 0 aromatic heterocycles. The van der Waals surface area contributed by atoms with Gasteiger partial charge in [-0.25, -0.2) is 10.2 Å². The van der Waals surface area contributed by atoms with Crippen molar-refractivity contribution in [3.8, 4) is 5.75 Å². The maximum Gasteiger partial charge on any atom is 0.343 e. The van der Waals surface area contributed by atoms with E-state index in [1.807, 2.05) is 0 Å². The number of hydrogen-bond donors (Lipinski definition) is 2. The van der Waals surface area contributed by atoms with Gasteiger partial charge in [0.1, 0.15) is 5.75 Å². The first-order valence-corrected chi connectivity index (χ1v) is 8.68. The Labute approximate surface area is 170 Å². The highest BCUT2D eigenvalue weighted by Gasteiger charge is 2.13. The fourth-order valence-corrected chi connectivity index (χ4v) is 2.40. The quantitative estimate of drug-likeness (QED) is 0.162. The predicted molar refractivity (Wildman–Crippen MR) is 110 cm³/mol. The number of nitrogen functional groups attached to an aromatic ring is 1. The fourth-order valence-electron chi connectivity index (χ4n) is 2.40. The van der Waals surface area contributed by atoms with Crippen molar-refractivity contribution in [2.45, 2.75) is 0 Å². The number of nitro groups is 1. The first-order valence-electron chi connectivity index (χ1n) is 8.68. The van der Waals surface area contributed by atoms with Crippen LogP contribution >= 0.6 is 0 Å². The summed E-state index contributed by atoms with van der Waals surface area (Å²) in [6.07, 6.45) is 1.43. The number of non-ortho nitro benzene ring substituents is 1. The Bertz CT molecular complexity index is 1110. The Morgan fingerprint density at radius 2 is 1.70 bits per heavy atom. The molecule has 0 atom stereocenters. The molecule has 3 aromatic carbocycles. The Balaban J connectivity index is 1.58. The summed E-state index contributed by atoms with van der Waals surface area (Å²) >= 11 is 0. The molecule has 0 spiro atoms. The molecule has 9 heteroatoms. The normalized spacial score (nSPS) is 10.5. The first kappa shape index (κ1) is 20.2. The molecule has 0 saturated carbocycles. The minimum absolute atomic E-state index is 0.0696. The monoisotopic (exact) mass is 404 g/mol. The van der Waals surface area contributed by atoms with Gasteiger partial charge in [0.05, 0.1) is 16.7 Å². The van der Waals surface area contributed by atoms with E-state index in [9.17, 15) is 19.7 Å². The number of carbonyl (C=O) groups is 2. The molecular formula is C21H16N4O5. The summed E-state index contributed by atoms with van der Waals surface area (Å²) in [5.41, 5.74) is 9.48. The highest BCUT2D eigenvalue weighted by atomic mass is 16.6. The van der Waals surface area contributed by atoms with Gasteiger partial charge in [-0.1, -0.05) is 6.07 Å². The number of nitrogens with two attached hydrogens (primary N) is 1. The van der Waals surface area contributed by atoms with Crippen LogP contribution in [0.2, 0.25) is 0 Å². The van der Waals surface area contributed by atoms with Crippen molar-refractivity contribution in [2.75, 3.05) is 5.73 Å². The van der Waals surface area contributed by atoms with Crippen molar-refractivity contribution in [1.29, 1.82) is 0 Å². The minimum atomic E-state index is -0.712. The average Bonchev–Trinajstić information content (AvgIpc) is 2.75. The van der Waals surface area contributed by atoms with E-state index in [1.54, 1.807) is 48.5 Å². The molecule has 0 unspecified atom stereocenters. The number of esters is 1. The van der Waals surface area contributed by atoms with Crippen LogP contribution in [0.3, 0.4) is 0 Å². The smallest absolute Gasteiger partial charge is 0.343 e. The first-order chi connectivity index (χ1) is 14.4. The second kappa shape index (κ2) is 9.11. The third-order valence-electron chi connectivity index (χ3n) is 3.94. The van der Waals surface area contributed by atoms with Gasteiger partial charge in [-0.3, -0.25) is 14.9 Å². The van der Waals surface area contributed by atoms with Crippen LogP contribution in [-0.4, -0.2) is 23.0 Å². The zero-order chi connectivity index (χ0) is 21.5. The van der Waals surface area contributed by atoms with E-state index in [2.05, 4.69) is 10.5 Å². The number of hydrogen-bond acceptors (Lipinski definition) is 7. The van der Waals surface area contributed by atoms with Gasteiger partial charge < -0.3 is 10.5 Å². The number of rotatable bonds is 6. The van der Waals surface area contributed by atoms with Crippen molar-refractivity contribution < 1.29 is 19.2 Å². The number of amides is 1. The van der Waals surface area contributed by atoms with Gasteiger partial charge in [0.15, 0.2) is 0 Å². The summed E-state index contributed by atoms with van der Waals surface area (Å²) in [5.74, 6) is -0.834. The molecule has 0 radical (unpaired) electrons. The van der Waals surface area contributed by atoms with Crippen LogP contribution in [0.5, 0.6) is 5.75 Å². The topological polar surface area (TPSA) is 137 Å². The molecular weight excluding hydrogens is 388 g/mol. The average molecular weight is 404 g/mol. The molecule has 0 aliphatic carbocycles. The standard InChI is InChI=1S/C21H16N4O5/c22-17-8-6-15(7-9-17)20(26)24-23-13-14-4-10-19(11-5-14)30-21(27)16-2-1-3-18(12-16)25(28)29/h1-13H,22H2,(H,24,26)/b23-13-. The maximum absolute atomic E-state index is 12.2. The van der Waals surface area contributed by atoms with E-state index in [1.165, 1.54) is 24.4 Å². The molecule has 0 heterocycles. The van der Waals surface area contributed by atoms with Crippen LogP contribution < -0.4 is 15.9 Å². The van der Waals surface area contributed by atoms with Gasteiger partial charge in [-0.05, 0) is 60.2 Å². The minimum Gasteiger partial charge on any atom is -0.423 e. The number of carbonyl (C=O) groups excluding carboxylic acids is 2. The second-order valence-electron chi connectivity index (χ2n) is 6.09. The summed E-state index contributed by atoms with van der Waals surface area (Å²) < 4.78 is 5.21. The summed E-state index contributed by atoms with van der Waals surface area (Å²) in [7, 11) is 0. The molecule has 1 amide bonds. The number of anilines is 1. The number of hydrazone groups is 1. The number of nitrogens with zero attached hydrogens (tertiary/aromatic N) is 2. The highest BCUT2D eigenvalue weighted by Crippen LogP contribution is 2.17. The molecule has 150 valence electrons. The summed E-state index contributed by atoms with van der Waals surface area (Å²) in [6, 6.07) is 18.0. The molecule has 0 aliphatic rings. The van der Waals surface area contributed by atoms with Crippen molar-refractivity contribution in [2.24, 2.45) is 5.10 Å². The van der Waals surface area contributed by atoms with Crippen LogP contribution in [0.4, 0.5) is 11.4 Å². The van der Waals surface area contributed by atoms with E-state index in [0.717, 1.165) is 6.07 Å². The lowest BCUT2D eigenvalue weighted by molar-refractivity contribution is -0.384. The molecule has 30 heavy (non-hydrogen) atoms. The molecule has 0 aliphatic heterocycles. The van der Waals surface area contributed by atoms with Crippen LogP contribution in [0.15, 0.2) is 77.9 Å². The largest absolute Gasteiger partial charge is 0.423 e. The lowest BCUT2D eigenvalue weighted by Crippen LogP contribution is -2.17. The number of nitrogens with one attached hydrogen (secondary N) is 1. The van der Waals surface area contributed by atoms with E-state index in [0.29, 0.717) is 16.8 Å². The molecule has 3 aromatic rings. The van der Waals surface area contributed by atoms with E-state index >= 15 is 0 Å². The molecule has 9 nitrogen and oxygen atoms in total. The van der Waals surface area contributed by atoms with Gasteiger partial charge in [-0.2, -0.15) is 5.10 Å². The lowest BCUT2D eigenvalue weighted by atomic mass is 10.2. The van der Waals surface area contributed by atoms with Crippen LogP contribution in [0.1, 0.15) is 26.3 Å². The zero-order valence-electron chi connectivity index (χ0n) is 15.5. The third-order valence-corrected chi connectivity index (χ3v) is 3.94. The van der Waals surface area contributed by atoms with E-state index in [4.69, 9.17) is 10.5 Å². The summed E-state index contributed by atoms with van der Waals surface area (Å²) in [6.45, 7) is 0. The highest BCUT2D eigenvalue weighted by molar-refractivity contribution is 5.95. The van der Waals surface area contributed by atoms with Gasteiger partial charge >= 0.3 is 5.97 Å². The zero-order valence-corrected chi connectivity index (χ0v) is 15.5. The van der Waals surface area contributed by atoms with Crippen LogP contribution in [-0.2, 0) is 0 Å². The maximum atomic E-state index is 12.2. The van der Waals surface area contributed by atoms with Crippen molar-refractivity contribution >= 4 is 29.5 Å².